The van der Waals surface area contributed by atoms with Crippen LogP contribution in [0.2, 0.25) is 0 Å². The van der Waals surface area contributed by atoms with Crippen molar-refractivity contribution < 1.29 is 28.2 Å². The summed E-state index contributed by atoms with van der Waals surface area (Å²) >= 11 is 0. The molecule has 2 aromatic rings. The molecule has 0 N–H and O–H groups in total. The number of hydrogen-bond donors (Lipinski definition) is 0. The molecular weight excluding hydrogens is 411 g/mol. The monoisotopic (exact) mass is 442 g/mol. The molecule has 1 fully saturated rings. The van der Waals surface area contributed by atoms with Gasteiger partial charge in [0.25, 0.3) is 0 Å². The topological polar surface area (TPSA) is 61.8 Å². The number of carbonyl (C=O) groups excluding carboxylic acids is 2. The molecule has 32 heavy (non-hydrogen) atoms. The molecule has 1 saturated carbocycles. The van der Waals surface area contributed by atoms with Crippen molar-refractivity contribution in [1.82, 2.24) is 0 Å². The molecule has 1 atom stereocenters. The number of carbonyl (C=O) groups is 2. The van der Waals surface area contributed by atoms with E-state index in [1.807, 2.05) is 19.1 Å². The van der Waals surface area contributed by atoms with Gasteiger partial charge in [-0.15, -0.1) is 0 Å². The molecule has 0 spiro atoms. The van der Waals surface area contributed by atoms with Crippen LogP contribution in [0.1, 0.15) is 73.7 Å². The predicted octanol–water partition coefficient (Wildman–Crippen LogP) is 6.01. The standard InChI is InChI=1S/C26H31FO5/c1-3-4-5-24(27)26(29)32-23-16-8-19(9-17-23)18-6-14-22(15-7-18)31-25(28)20-10-12-21(30-2)13-11-20/h6-7,10-15,19,23-24H,3-5,8-9,16-17H2,1-2H3/t19?,23?,24-/m0/s1. The van der Waals surface area contributed by atoms with Gasteiger partial charge in [0.15, 0.2) is 6.17 Å². The zero-order valence-corrected chi connectivity index (χ0v) is 18.7. The van der Waals surface area contributed by atoms with E-state index >= 15 is 0 Å². The van der Waals surface area contributed by atoms with E-state index in [-0.39, 0.29) is 12.5 Å². The molecule has 172 valence electrons. The largest absolute Gasteiger partial charge is 0.497 e. The van der Waals surface area contributed by atoms with E-state index < -0.39 is 18.1 Å². The Kier molecular flexibility index (Phi) is 8.65. The van der Waals surface area contributed by atoms with Gasteiger partial charge in [-0.3, -0.25) is 0 Å². The van der Waals surface area contributed by atoms with Crippen molar-refractivity contribution in [1.29, 1.82) is 0 Å². The third-order valence-electron chi connectivity index (χ3n) is 5.91. The molecule has 3 rings (SSSR count). The van der Waals surface area contributed by atoms with Crippen molar-refractivity contribution >= 4 is 11.9 Å². The van der Waals surface area contributed by atoms with Crippen LogP contribution in [-0.2, 0) is 9.53 Å². The fraction of sp³-hybridized carbons (Fsp3) is 0.462. The number of rotatable bonds is 9. The van der Waals surface area contributed by atoms with Gasteiger partial charge in [-0.25, -0.2) is 14.0 Å². The average molecular weight is 443 g/mol. The molecule has 0 unspecified atom stereocenters. The molecule has 1 aliphatic rings. The van der Waals surface area contributed by atoms with Gasteiger partial charge in [-0.1, -0.05) is 31.9 Å². The first kappa shape index (κ1) is 23.8. The Morgan fingerprint density at radius 2 is 1.59 bits per heavy atom. The lowest BCUT2D eigenvalue weighted by Gasteiger charge is -2.29. The zero-order chi connectivity index (χ0) is 22.9. The maximum absolute atomic E-state index is 13.8. The second-order valence-corrected chi connectivity index (χ2v) is 8.21. The van der Waals surface area contributed by atoms with Crippen LogP contribution in [0.4, 0.5) is 4.39 Å². The van der Waals surface area contributed by atoms with E-state index in [1.165, 1.54) is 0 Å². The molecule has 0 amide bonds. The van der Waals surface area contributed by atoms with Gasteiger partial charge in [0, 0.05) is 0 Å². The highest BCUT2D eigenvalue weighted by Crippen LogP contribution is 2.35. The van der Waals surface area contributed by atoms with Crippen molar-refractivity contribution in [2.45, 2.75) is 70.1 Å². The summed E-state index contributed by atoms with van der Waals surface area (Å²) in [6, 6.07) is 14.3. The molecule has 0 saturated heterocycles. The lowest BCUT2D eigenvalue weighted by molar-refractivity contribution is -0.157. The Morgan fingerprint density at radius 1 is 0.969 bits per heavy atom. The molecule has 0 aromatic heterocycles. The normalized spacial score (nSPS) is 19.1. The number of halogens is 1. The van der Waals surface area contributed by atoms with Crippen LogP contribution in [0.5, 0.6) is 11.5 Å². The highest BCUT2D eigenvalue weighted by molar-refractivity contribution is 5.91. The summed E-state index contributed by atoms with van der Waals surface area (Å²) in [7, 11) is 1.57. The second-order valence-electron chi connectivity index (χ2n) is 8.21. The summed E-state index contributed by atoms with van der Waals surface area (Å²) in [4.78, 5) is 24.2. The fourth-order valence-corrected chi connectivity index (χ4v) is 3.95. The van der Waals surface area contributed by atoms with Crippen LogP contribution in [0.15, 0.2) is 48.5 Å². The number of methoxy groups -OCH3 is 1. The Balaban J connectivity index is 1.47. The molecule has 2 aromatic carbocycles. The summed E-state index contributed by atoms with van der Waals surface area (Å²) in [5, 5.41) is 0. The molecule has 5 nitrogen and oxygen atoms in total. The lowest BCUT2D eigenvalue weighted by atomic mass is 9.83. The number of ether oxygens (including phenoxy) is 3. The summed E-state index contributed by atoms with van der Waals surface area (Å²) in [6.07, 6.45) is 3.26. The van der Waals surface area contributed by atoms with E-state index in [2.05, 4.69) is 0 Å². The summed E-state index contributed by atoms with van der Waals surface area (Å²) in [5.74, 6) is 0.366. The van der Waals surface area contributed by atoms with E-state index in [1.54, 1.807) is 43.5 Å². The molecule has 0 aliphatic heterocycles. The Hall–Kier alpha value is -2.89. The summed E-state index contributed by atoms with van der Waals surface area (Å²) < 4.78 is 29.8. The minimum Gasteiger partial charge on any atom is -0.497 e. The van der Waals surface area contributed by atoms with Crippen LogP contribution in [0.3, 0.4) is 0 Å². The molecular formula is C26H31FO5. The van der Waals surface area contributed by atoms with Crippen molar-refractivity contribution in [2.75, 3.05) is 7.11 Å². The van der Waals surface area contributed by atoms with Crippen molar-refractivity contribution in [3.63, 3.8) is 0 Å². The molecule has 0 bridgehead atoms. The fourth-order valence-electron chi connectivity index (χ4n) is 3.95. The highest BCUT2D eigenvalue weighted by Gasteiger charge is 2.27. The molecule has 1 aliphatic carbocycles. The van der Waals surface area contributed by atoms with E-state index in [9.17, 15) is 14.0 Å². The first-order chi connectivity index (χ1) is 15.5. The van der Waals surface area contributed by atoms with Crippen molar-refractivity contribution in [3.8, 4) is 11.5 Å². The van der Waals surface area contributed by atoms with Gasteiger partial charge >= 0.3 is 11.9 Å². The number of hydrogen-bond acceptors (Lipinski definition) is 5. The SMILES string of the molecule is CCCC[C@H](F)C(=O)OC1CCC(c2ccc(OC(=O)c3ccc(OC)cc3)cc2)CC1. The number of alkyl halides is 1. The zero-order valence-electron chi connectivity index (χ0n) is 18.7. The van der Waals surface area contributed by atoms with Crippen LogP contribution < -0.4 is 9.47 Å². The Bertz CT molecular complexity index is 870. The molecule has 0 radical (unpaired) electrons. The predicted molar refractivity (Wildman–Crippen MR) is 120 cm³/mol. The lowest BCUT2D eigenvalue weighted by Crippen LogP contribution is -2.28. The minimum absolute atomic E-state index is 0.205. The molecule has 6 heteroatoms. The van der Waals surface area contributed by atoms with Crippen molar-refractivity contribution in [3.05, 3.63) is 59.7 Å². The Morgan fingerprint density at radius 3 is 2.19 bits per heavy atom. The first-order valence-electron chi connectivity index (χ1n) is 11.3. The van der Waals surface area contributed by atoms with Crippen LogP contribution in [0.25, 0.3) is 0 Å². The third-order valence-corrected chi connectivity index (χ3v) is 5.91. The van der Waals surface area contributed by atoms with E-state index in [0.717, 1.165) is 37.7 Å². The molecule has 0 heterocycles. The number of unbranched alkanes of at least 4 members (excludes halogenated alkanes) is 1. The maximum Gasteiger partial charge on any atom is 0.343 e. The van der Waals surface area contributed by atoms with Gasteiger partial charge in [0.05, 0.1) is 12.7 Å². The maximum atomic E-state index is 13.8. The van der Waals surface area contributed by atoms with Crippen LogP contribution >= 0.6 is 0 Å². The van der Waals surface area contributed by atoms with Crippen molar-refractivity contribution in [2.24, 2.45) is 0 Å². The van der Waals surface area contributed by atoms with Gasteiger partial charge < -0.3 is 14.2 Å². The van der Waals surface area contributed by atoms with Gasteiger partial charge in [0.2, 0.25) is 0 Å². The quantitative estimate of drug-likeness (QED) is 0.351. The van der Waals surface area contributed by atoms with Crippen LogP contribution in [0, 0.1) is 0 Å². The summed E-state index contributed by atoms with van der Waals surface area (Å²) in [6.45, 7) is 1.97. The van der Waals surface area contributed by atoms with E-state index in [0.29, 0.717) is 29.4 Å². The van der Waals surface area contributed by atoms with Gasteiger partial charge in [-0.05, 0) is 80.0 Å². The van der Waals surface area contributed by atoms with Crippen LogP contribution in [-0.4, -0.2) is 31.3 Å². The number of esters is 2. The second kappa shape index (κ2) is 11.7. The number of benzene rings is 2. The highest BCUT2D eigenvalue weighted by atomic mass is 19.1. The van der Waals surface area contributed by atoms with E-state index in [4.69, 9.17) is 14.2 Å². The third kappa shape index (κ3) is 6.55. The first-order valence-corrected chi connectivity index (χ1v) is 11.3. The van der Waals surface area contributed by atoms with Gasteiger partial charge in [-0.2, -0.15) is 0 Å². The Labute approximate surface area is 188 Å². The smallest absolute Gasteiger partial charge is 0.343 e. The average Bonchev–Trinajstić information content (AvgIpc) is 2.83. The van der Waals surface area contributed by atoms with Gasteiger partial charge in [0.1, 0.15) is 17.6 Å². The summed E-state index contributed by atoms with van der Waals surface area (Å²) in [5.41, 5.74) is 1.61. The minimum atomic E-state index is -1.51.